The molecule has 0 aromatic heterocycles. The first-order valence-corrected chi connectivity index (χ1v) is 35.0. The van der Waals surface area contributed by atoms with E-state index in [4.69, 9.17) is 14.2 Å². The molecular formula is C77H130O6. The normalized spacial score (nSPS) is 12.9. The predicted molar refractivity (Wildman–Crippen MR) is 362 cm³/mol. The minimum absolute atomic E-state index is 0.123. The SMILES string of the molecule is CC/C=C\C/C=C\C/C=C\C/C=C\C/C=C\CCCC(=O)OC(COC(=O)CC/C=C\C/C=C\C/C=C\C/C=C\CC)COC(=O)CCCCCCCCCCCCCCCCCCCCCCCCC/C=C\CCCCCCCCCC. The molecule has 0 saturated heterocycles. The molecule has 0 amide bonds. The van der Waals surface area contributed by atoms with Gasteiger partial charge in [0.25, 0.3) is 0 Å². The van der Waals surface area contributed by atoms with Crippen LogP contribution in [0.2, 0.25) is 0 Å². The van der Waals surface area contributed by atoms with E-state index in [0.29, 0.717) is 19.3 Å². The van der Waals surface area contributed by atoms with Crippen molar-refractivity contribution in [1.82, 2.24) is 0 Å². The van der Waals surface area contributed by atoms with Gasteiger partial charge in [-0.25, -0.2) is 0 Å². The van der Waals surface area contributed by atoms with E-state index in [1.165, 1.54) is 193 Å². The van der Waals surface area contributed by atoms with E-state index in [9.17, 15) is 14.4 Å². The van der Waals surface area contributed by atoms with Crippen molar-refractivity contribution in [2.45, 2.75) is 335 Å². The third-order valence-corrected chi connectivity index (χ3v) is 14.9. The smallest absolute Gasteiger partial charge is 0.306 e. The molecular weight excluding hydrogens is 1020 g/mol. The van der Waals surface area contributed by atoms with Crippen LogP contribution in [0.25, 0.3) is 0 Å². The molecule has 0 rings (SSSR count). The molecule has 1 atom stereocenters. The van der Waals surface area contributed by atoms with E-state index in [1.54, 1.807) is 0 Å². The summed E-state index contributed by atoms with van der Waals surface area (Å²) >= 11 is 0. The zero-order chi connectivity index (χ0) is 59.9. The van der Waals surface area contributed by atoms with Crippen LogP contribution >= 0.6 is 0 Å². The summed E-state index contributed by atoms with van der Waals surface area (Å²) in [6, 6.07) is 0. The highest BCUT2D eigenvalue weighted by Gasteiger charge is 2.19. The summed E-state index contributed by atoms with van der Waals surface area (Å²) in [5.41, 5.74) is 0. The second-order valence-corrected chi connectivity index (χ2v) is 23.0. The van der Waals surface area contributed by atoms with Crippen molar-refractivity contribution >= 4 is 17.9 Å². The highest BCUT2D eigenvalue weighted by atomic mass is 16.6. The number of ether oxygens (including phenoxy) is 3. The molecule has 474 valence electrons. The molecule has 0 N–H and O–H groups in total. The van der Waals surface area contributed by atoms with Crippen molar-refractivity contribution in [2.75, 3.05) is 13.2 Å². The van der Waals surface area contributed by atoms with Gasteiger partial charge in [0, 0.05) is 19.3 Å². The van der Waals surface area contributed by atoms with Crippen molar-refractivity contribution in [3.63, 3.8) is 0 Å². The molecule has 0 heterocycles. The predicted octanol–water partition coefficient (Wildman–Crippen LogP) is 24.3. The van der Waals surface area contributed by atoms with Crippen LogP contribution in [0.4, 0.5) is 0 Å². The Morgan fingerprint density at radius 3 is 0.855 bits per heavy atom. The minimum atomic E-state index is -0.840. The van der Waals surface area contributed by atoms with Crippen molar-refractivity contribution in [1.29, 1.82) is 0 Å². The molecule has 1 unspecified atom stereocenters. The van der Waals surface area contributed by atoms with Gasteiger partial charge in [-0.1, -0.05) is 322 Å². The van der Waals surface area contributed by atoms with Crippen LogP contribution in [-0.2, 0) is 28.6 Å². The number of carbonyl (C=O) groups is 3. The van der Waals surface area contributed by atoms with E-state index < -0.39 is 6.10 Å². The molecule has 0 aliphatic heterocycles. The lowest BCUT2D eigenvalue weighted by molar-refractivity contribution is -0.166. The molecule has 0 aromatic carbocycles. The molecule has 6 heteroatoms. The highest BCUT2D eigenvalue weighted by molar-refractivity contribution is 5.71. The largest absolute Gasteiger partial charge is 0.462 e. The van der Waals surface area contributed by atoms with E-state index in [0.717, 1.165) is 83.5 Å². The summed E-state index contributed by atoms with van der Waals surface area (Å²) < 4.78 is 16.8. The molecule has 0 bridgehead atoms. The van der Waals surface area contributed by atoms with Gasteiger partial charge in [0.05, 0.1) is 0 Å². The molecule has 0 fully saturated rings. The highest BCUT2D eigenvalue weighted by Crippen LogP contribution is 2.17. The lowest BCUT2D eigenvalue weighted by Crippen LogP contribution is -2.30. The second-order valence-electron chi connectivity index (χ2n) is 23.0. The number of esters is 3. The fourth-order valence-corrected chi connectivity index (χ4v) is 9.78. The Hall–Kier alpha value is -4.19. The van der Waals surface area contributed by atoms with Crippen LogP contribution in [0.5, 0.6) is 0 Å². The van der Waals surface area contributed by atoms with Gasteiger partial charge < -0.3 is 14.2 Å². The van der Waals surface area contributed by atoms with E-state index in [1.807, 2.05) is 12.2 Å². The Kier molecular flexibility index (Phi) is 66.7. The molecule has 0 radical (unpaired) electrons. The van der Waals surface area contributed by atoms with Crippen molar-refractivity contribution in [2.24, 2.45) is 0 Å². The van der Waals surface area contributed by atoms with Gasteiger partial charge in [0.15, 0.2) is 6.10 Å². The average Bonchev–Trinajstić information content (AvgIpc) is 3.49. The van der Waals surface area contributed by atoms with E-state index in [2.05, 4.69) is 130 Å². The number of hydrogen-bond acceptors (Lipinski definition) is 6. The van der Waals surface area contributed by atoms with Crippen molar-refractivity contribution < 1.29 is 28.6 Å². The molecule has 0 spiro atoms. The van der Waals surface area contributed by atoms with Gasteiger partial charge in [0.2, 0.25) is 0 Å². The Labute approximate surface area is 513 Å². The summed E-state index contributed by atoms with van der Waals surface area (Å²) in [6.45, 7) is 6.32. The summed E-state index contributed by atoms with van der Waals surface area (Å²) in [7, 11) is 0. The fraction of sp³-hybridized carbons (Fsp3) is 0.701. The molecule has 83 heavy (non-hydrogen) atoms. The first-order valence-electron chi connectivity index (χ1n) is 35.0. The van der Waals surface area contributed by atoms with Crippen LogP contribution in [-0.4, -0.2) is 37.2 Å². The zero-order valence-corrected chi connectivity index (χ0v) is 54.4. The first kappa shape index (κ1) is 78.8. The van der Waals surface area contributed by atoms with Gasteiger partial charge in [-0.2, -0.15) is 0 Å². The van der Waals surface area contributed by atoms with Crippen LogP contribution < -0.4 is 0 Å². The van der Waals surface area contributed by atoms with Crippen LogP contribution in [0.1, 0.15) is 329 Å². The fourth-order valence-electron chi connectivity index (χ4n) is 9.78. The van der Waals surface area contributed by atoms with Crippen LogP contribution in [0.3, 0.4) is 0 Å². The molecule has 0 saturated carbocycles. The van der Waals surface area contributed by atoms with Crippen LogP contribution in [0.15, 0.2) is 122 Å². The number of hydrogen-bond donors (Lipinski definition) is 0. The molecule has 6 nitrogen and oxygen atoms in total. The number of carbonyl (C=O) groups excluding carboxylic acids is 3. The Morgan fingerprint density at radius 1 is 0.253 bits per heavy atom. The summed E-state index contributed by atoms with van der Waals surface area (Å²) in [5, 5.41) is 0. The van der Waals surface area contributed by atoms with Gasteiger partial charge in [0.1, 0.15) is 13.2 Å². The quantitative estimate of drug-likeness (QED) is 0.0261. The van der Waals surface area contributed by atoms with Crippen molar-refractivity contribution in [3.05, 3.63) is 122 Å². The van der Waals surface area contributed by atoms with E-state index in [-0.39, 0.29) is 44.0 Å². The summed E-state index contributed by atoms with van der Waals surface area (Å²) in [6.07, 6.45) is 98.6. The lowest BCUT2D eigenvalue weighted by Gasteiger charge is -2.18. The standard InChI is InChI=1S/C77H130O6/c1-4-7-10-13-16-19-22-25-27-29-30-31-32-33-34-35-36-37-38-39-40-41-42-43-44-45-46-48-49-52-55-58-61-64-67-70-76(79)82-73-74(72-81-75(78)69-66-63-60-57-54-51-24-21-18-15-12-9-6-3)83-77(80)71-68-65-62-59-56-53-50-47-28-26-23-20-17-14-11-8-5-2/h8-9,11-12,17-18,20-21,26,28-30,50-51,53-54,59-60,62-63,74H,4-7,10,13-16,19,22-25,27,31-49,52,55-58,61,64-73H2,1-3H3/b11-8-,12-9-,20-17-,21-18-,28-26-,30-29-,53-50-,54-51-,62-59-,63-60-. The maximum atomic E-state index is 12.9. The second kappa shape index (κ2) is 70.3. The molecule has 0 aliphatic carbocycles. The Balaban J connectivity index is 4.18. The molecule has 0 aromatic rings. The third kappa shape index (κ3) is 68.5. The summed E-state index contributed by atoms with van der Waals surface area (Å²) in [4.78, 5) is 38.2. The number of rotatable bonds is 63. The zero-order valence-electron chi connectivity index (χ0n) is 54.4. The first-order chi connectivity index (χ1) is 41.0. The average molecular weight is 1150 g/mol. The maximum Gasteiger partial charge on any atom is 0.306 e. The van der Waals surface area contributed by atoms with E-state index >= 15 is 0 Å². The minimum Gasteiger partial charge on any atom is -0.462 e. The Morgan fingerprint density at radius 2 is 0.506 bits per heavy atom. The van der Waals surface area contributed by atoms with Gasteiger partial charge in [-0.05, 0) is 109 Å². The van der Waals surface area contributed by atoms with Gasteiger partial charge in [-0.15, -0.1) is 0 Å². The topological polar surface area (TPSA) is 78.9 Å². The van der Waals surface area contributed by atoms with Gasteiger partial charge in [-0.3, -0.25) is 14.4 Å². The third-order valence-electron chi connectivity index (χ3n) is 14.9. The molecule has 0 aliphatic rings. The Bertz CT molecular complexity index is 1700. The maximum absolute atomic E-state index is 12.9. The van der Waals surface area contributed by atoms with Gasteiger partial charge >= 0.3 is 17.9 Å². The monoisotopic (exact) mass is 1150 g/mol. The lowest BCUT2D eigenvalue weighted by atomic mass is 10.0. The number of allylic oxidation sites excluding steroid dienone is 20. The van der Waals surface area contributed by atoms with Crippen LogP contribution in [0, 0.1) is 0 Å². The number of unbranched alkanes of at least 4 members (excludes halogenated alkanes) is 32. The summed E-state index contributed by atoms with van der Waals surface area (Å²) in [5.74, 6) is -1.06. The van der Waals surface area contributed by atoms with Crippen molar-refractivity contribution in [3.8, 4) is 0 Å².